The van der Waals surface area contributed by atoms with Crippen LogP contribution in [0.2, 0.25) is 0 Å². The highest BCUT2D eigenvalue weighted by Crippen LogP contribution is 2.32. The van der Waals surface area contributed by atoms with Crippen LogP contribution in [0.4, 0.5) is 29.3 Å². The first-order valence-electron chi connectivity index (χ1n) is 11.2. The average molecular weight is 573 g/mol. The molecule has 1 aromatic rings. The van der Waals surface area contributed by atoms with Crippen molar-refractivity contribution in [3.8, 4) is 0 Å². The van der Waals surface area contributed by atoms with Crippen molar-refractivity contribution in [3.05, 3.63) is 47.0 Å². The van der Waals surface area contributed by atoms with E-state index in [-0.39, 0.29) is 34.3 Å². The summed E-state index contributed by atoms with van der Waals surface area (Å²) in [5, 5.41) is 0.0730. The van der Waals surface area contributed by atoms with E-state index in [4.69, 9.17) is 34.3 Å². The van der Waals surface area contributed by atoms with Gasteiger partial charge in [-0.2, -0.15) is 18.7 Å². The molecule has 10 nitrogen and oxygen atoms in total. The van der Waals surface area contributed by atoms with E-state index < -0.39 is 42.2 Å². The van der Waals surface area contributed by atoms with Gasteiger partial charge in [0.15, 0.2) is 0 Å². The summed E-state index contributed by atoms with van der Waals surface area (Å²) in [4.78, 5) is 54.6. The van der Waals surface area contributed by atoms with Crippen LogP contribution in [0, 0.1) is 5.92 Å². The lowest BCUT2D eigenvalue weighted by Crippen LogP contribution is -2.38. The number of anilines is 2. The number of hydrogen-bond donors (Lipinski definition) is 2. The molecule has 15 heteroatoms. The van der Waals surface area contributed by atoms with Crippen LogP contribution in [-0.2, 0) is 24.0 Å². The molecule has 3 amide bonds. The van der Waals surface area contributed by atoms with Crippen molar-refractivity contribution in [2.24, 2.45) is 11.7 Å². The predicted octanol–water partition coefficient (Wildman–Crippen LogP) is 2.65. The van der Waals surface area contributed by atoms with Gasteiger partial charge < -0.3 is 20.2 Å². The van der Waals surface area contributed by atoms with E-state index in [9.17, 15) is 32.3 Å². The summed E-state index contributed by atoms with van der Waals surface area (Å²) in [5.41, 5.74) is 8.10. The molecule has 2 saturated heterocycles. The Morgan fingerprint density at radius 3 is 2.39 bits per heavy atom. The summed E-state index contributed by atoms with van der Waals surface area (Å²) in [6, 6.07) is 6.21. The Kier molecular flexibility index (Phi) is 7.76. The Morgan fingerprint density at radius 1 is 1.18 bits per heavy atom. The fourth-order valence-corrected chi connectivity index (χ4v) is 4.77. The summed E-state index contributed by atoms with van der Waals surface area (Å²) in [6.07, 6.45) is -3.25. The van der Waals surface area contributed by atoms with Crippen molar-refractivity contribution in [2.45, 2.75) is 31.2 Å². The number of cyclic esters (lactones) is 1. The molecule has 0 spiro atoms. The van der Waals surface area contributed by atoms with Gasteiger partial charge in [0.2, 0.25) is 5.91 Å². The summed E-state index contributed by atoms with van der Waals surface area (Å²) in [5.74, 6) is -4.64. The zero-order chi connectivity index (χ0) is 27.8. The van der Waals surface area contributed by atoms with Crippen LogP contribution in [-0.4, -0.2) is 60.2 Å². The fraction of sp³-hybridized carbons (Fsp3) is 0.348. The molecule has 1 aliphatic carbocycles. The molecule has 0 saturated carbocycles. The molecular weight excluding hydrogens is 553 g/mol. The normalized spacial score (nSPS) is 23.7. The minimum absolute atomic E-state index is 0.0160. The lowest BCUT2D eigenvalue weighted by atomic mass is 9.89. The maximum absolute atomic E-state index is 12.5. The van der Waals surface area contributed by atoms with Gasteiger partial charge in [-0.15, -0.1) is 0 Å². The minimum Gasteiger partial charge on any atom is -0.444 e. The number of alkyl halides is 3. The molecule has 4 rings (SSSR count). The predicted molar refractivity (Wildman–Crippen MR) is 132 cm³/mol. The quantitative estimate of drug-likeness (QED) is 0.407. The molecule has 2 heterocycles. The van der Waals surface area contributed by atoms with Crippen LogP contribution < -0.4 is 21.0 Å². The summed E-state index contributed by atoms with van der Waals surface area (Å²) in [6.45, 7) is 0.647. The Balaban J connectivity index is 1.37. The van der Waals surface area contributed by atoms with Gasteiger partial charge in [-0.1, -0.05) is 29.9 Å². The third-order valence-electron chi connectivity index (χ3n) is 6.07. The number of carbonyl (C=O) groups is 4. The van der Waals surface area contributed by atoms with E-state index in [0.717, 1.165) is 6.08 Å². The summed E-state index contributed by atoms with van der Waals surface area (Å²) < 4.78 is 42.4. The topological polar surface area (TPSA) is 131 Å². The van der Waals surface area contributed by atoms with Gasteiger partial charge in [-0.25, -0.2) is 9.59 Å². The standard InChI is InChI=1S/C23H20ClF3N4O6S/c24-12-7-11(18(38)16(9-12)19(32)29-37-21(34)23(25,26)27)8-15-10-31(22(35)36-15)14-3-1-13(2-4-14)30-6-5-17(28)20(30)33/h1-4,7,9,11,15,17H,5-6,8,10,28H2,(H,29,32)/t11?,15-,17+/m0/s1. The number of hydrogen-bond acceptors (Lipinski definition) is 8. The molecular formula is C23H20ClF3N4O6S. The van der Waals surface area contributed by atoms with Crippen molar-refractivity contribution >= 4 is 63.9 Å². The first kappa shape index (κ1) is 27.5. The second-order valence-corrected chi connectivity index (χ2v) is 9.53. The molecule has 0 bridgehead atoms. The molecule has 2 aliphatic heterocycles. The van der Waals surface area contributed by atoms with Gasteiger partial charge in [0.05, 0.1) is 18.2 Å². The number of amides is 3. The van der Waals surface area contributed by atoms with Crippen LogP contribution in [0.15, 0.2) is 47.0 Å². The Labute approximate surface area is 224 Å². The van der Waals surface area contributed by atoms with Crippen molar-refractivity contribution in [1.29, 1.82) is 0 Å². The van der Waals surface area contributed by atoms with E-state index in [1.807, 2.05) is 0 Å². The van der Waals surface area contributed by atoms with Gasteiger partial charge in [0.1, 0.15) is 6.10 Å². The van der Waals surface area contributed by atoms with E-state index in [1.54, 1.807) is 29.2 Å². The highest BCUT2D eigenvalue weighted by molar-refractivity contribution is 7.81. The molecule has 3 atom stereocenters. The zero-order valence-corrected chi connectivity index (χ0v) is 20.9. The van der Waals surface area contributed by atoms with Crippen molar-refractivity contribution in [1.82, 2.24) is 5.48 Å². The first-order chi connectivity index (χ1) is 17.8. The smallest absolute Gasteiger partial charge is 0.444 e. The second kappa shape index (κ2) is 10.7. The van der Waals surface area contributed by atoms with Gasteiger partial charge in [0.25, 0.3) is 5.91 Å². The lowest BCUT2D eigenvalue weighted by molar-refractivity contribution is -0.207. The van der Waals surface area contributed by atoms with Gasteiger partial charge in [-0.05, 0) is 43.2 Å². The number of rotatable bonds is 5. The number of allylic oxidation sites excluding steroid dienone is 3. The van der Waals surface area contributed by atoms with Crippen LogP contribution in [0.3, 0.4) is 0 Å². The number of carbonyl (C=O) groups excluding carboxylic acids is 4. The first-order valence-corrected chi connectivity index (χ1v) is 12.0. The number of nitrogens with zero attached hydrogens (tertiary/aromatic N) is 2. The van der Waals surface area contributed by atoms with Gasteiger partial charge in [-0.3, -0.25) is 14.5 Å². The number of ether oxygens (including phenoxy) is 1. The van der Waals surface area contributed by atoms with Crippen molar-refractivity contribution in [2.75, 3.05) is 22.9 Å². The maximum Gasteiger partial charge on any atom is 0.493 e. The molecule has 0 aromatic heterocycles. The lowest BCUT2D eigenvalue weighted by Gasteiger charge is -2.22. The number of thiocarbonyl (C=S) groups is 1. The molecule has 3 aliphatic rings. The van der Waals surface area contributed by atoms with E-state index in [0.29, 0.717) is 24.3 Å². The van der Waals surface area contributed by atoms with Crippen LogP contribution in [0.1, 0.15) is 12.8 Å². The zero-order valence-electron chi connectivity index (χ0n) is 19.4. The number of nitrogens with two attached hydrogens (primary N) is 1. The molecule has 0 radical (unpaired) electrons. The van der Waals surface area contributed by atoms with Crippen LogP contribution in [0.25, 0.3) is 0 Å². The SMILES string of the molecule is N[C@@H]1CCN(c2ccc(N3C[C@H](CC4C=C(Cl)C=C(C(=O)NOC(=O)C(F)(F)F)C4=S)OC3=O)cc2)C1=O. The summed E-state index contributed by atoms with van der Waals surface area (Å²) in [7, 11) is 0. The molecule has 202 valence electrons. The van der Waals surface area contributed by atoms with E-state index in [2.05, 4.69) is 4.84 Å². The number of nitrogens with one attached hydrogen (secondary N) is 1. The molecule has 2 fully saturated rings. The fourth-order valence-electron chi connectivity index (χ4n) is 4.19. The minimum atomic E-state index is -5.30. The second-order valence-electron chi connectivity index (χ2n) is 8.65. The molecule has 38 heavy (non-hydrogen) atoms. The highest BCUT2D eigenvalue weighted by Gasteiger charge is 2.42. The van der Waals surface area contributed by atoms with Gasteiger partial charge in [0, 0.05) is 33.7 Å². The Morgan fingerprint density at radius 2 is 1.82 bits per heavy atom. The van der Waals surface area contributed by atoms with E-state index >= 15 is 0 Å². The molecule has 3 N–H and O–H groups in total. The third kappa shape index (κ3) is 5.81. The highest BCUT2D eigenvalue weighted by atomic mass is 35.5. The largest absolute Gasteiger partial charge is 0.493 e. The Bertz CT molecular complexity index is 1250. The van der Waals surface area contributed by atoms with Crippen LogP contribution >= 0.6 is 23.8 Å². The van der Waals surface area contributed by atoms with Crippen LogP contribution in [0.5, 0.6) is 0 Å². The van der Waals surface area contributed by atoms with Crippen molar-refractivity contribution < 1.29 is 41.9 Å². The molecule has 1 aromatic carbocycles. The number of hydroxylamine groups is 1. The summed E-state index contributed by atoms with van der Waals surface area (Å²) >= 11 is 11.4. The number of benzene rings is 1. The Hall–Kier alpha value is -3.49. The molecule has 1 unspecified atom stereocenters. The number of halogens is 4. The monoisotopic (exact) mass is 572 g/mol. The third-order valence-corrected chi connectivity index (χ3v) is 6.83. The van der Waals surface area contributed by atoms with Crippen molar-refractivity contribution in [3.63, 3.8) is 0 Å². The maximum atomic E-state index is 12.5. The average Bonchev–Trinajstić information content (AvgIpc) is 3.39. The van der Waals surface area contributed by atoms with Gasteiger partial charge >= 0.3 is 18.2 Å². The van der Waals surface area contributed by atoms with E-state index in [1.165, 1.54) is 16.5 Å².